The van der Waals surface area contributed by atoms with Gasteiger partial charge in [0, 0.05) is 25.5 Å². The number of pyridine rings is 1. The number of hydrogen-bond donors (Lipinski definition) is 1. The molecule has 1 N–H and O–H groups in total. The Morgan fingerprint density at radius 2 is 2.31 bits per heavy atom. The molecule has 0 fully saturated rings. The molecule has 0 amide bonds. The van der Waals surface area contributed by atoms with Crippen LogP contribution in [0.25, 0.3) is 0 Å². The van der Waals surface area contributed by atoms with Gasteiger partial charge in [-0.25, -0.2) is 9.97 Å². The first-order chi connectivity index (χ1) is 7.84. The Balaban J connectivity index is 1.72. The summed E-state index contributed by atoms with van der Waals surface area (Å²) in [5.41, 5.74) is 0. The summed E-state index contributed by atoms with van der Waals surface area (Å²) in [6, 6.07) is 5.55. The maximum atomic E-state index is 5.78. The smallest absolute Gasteiger partial charge is 0.131 e. The molecule has 0 aromatic carbocycles. The molecule has 0 radical (unpaired) electrons. The minimum absolute atomic E-state index is 0.514. The zero-order valence-corrected chi connectivity index (χ0v) is 9.56. The molecule has 0 bridgehead atoms. The van der Waals surface area contributed by atoms with Crippen LogP contribution in [0.5, 0.6) is 0 Å². The van der Waals surface area contributed by atoms with Gasteiger partial charge in [-0.15, -0.1) is 0 Å². The van der Waals surface area contributed by atoms with Gasteiger partial charge in [0.05, 0.1) is 6.33 Å². The number of aryl methyl sites for hydroxylation is 1. The van der Waals surface area contributed by atoms with Gasteiger partial charge < -0.3 is 9.88 Å². The van der Waals surface area contributed by atoms with Gasteiger partial charge in [-0.3, -0.25) is 0 Å². The maximum Gasteiger partial charge on any atom is 0.131 e. The zero-order valence-electron chi connectivity index (χ0n) is 8.81. The average Bonchev–Trinajstić information content (AvgIpc) is 2.77. The lowest BCUT2D eigenvalue weighted by Crippen LogP contribution is -2.06. The Bertz CT molecular complexity index is 427. The van der Waals surface area contributed by atoms with Crippen LogP contribution in [0.4, 0.5) is 5.82 Å². The van der Waals surface area contributed by atoms with Crippen LogP contribution < -0.4 is 5.32 Å². The number of aromatic nitrogens is 3. The third kappa shape index (κ3) is 3.24. The summed E-state index contributed by atoms with van der Waals surface area (Å²) in [7, 11) is 0. The molecule has 0 unspecified atom stereocenters. The molecule has 2 aromatic heterocycles. The number of hydrogen-bond acceptors (Lipinski definition) is 3. The molecule has 0 aliphatic heterocycles. The molecule has 16 heavy (non-hydrogen) atoms. The first-order valence-electron chi connectivity index (χ1n) is 5.17. The topological polar surface area (TPSA) is 42.7 Å². The fourth-order valence-electron chi connectivity index (χ4n) is 1.40. The van der Waals surface area contributed by atoms with E-state index in [-0.39, 0.29) is 0 Å². The second kappa shape index (κ2) is 5.51. The summed E-state index contributed by atoms with van der Waals surface area (Å²) >= 11 is 5.78. The van der Waals surface area contributed by atoms with E-state index in [1.165, 1.54) is 0 Å². The average molecular weight is 237 g/mol. The van der Waals surface area contributed by atoms with Gasteiger partial charge in [-0.2, -0.15) is 0 Å². The lowest BCUT2D eigenvalue weighted by Gasteiger charge is -2.05. The van der Waals surface area contributed by atoms with Crippen LogP contribution in [-0.4, -0.2) is 21.1 Å². The molecule has 84 valence electrons. The summed E-state index contributed by atoms with van der Waals surface area (Å²) in [6.45, 7) is 1.82. The van der Waals surface area contributed by atoms with Crippen LogP contribution in [0.2, 0.25) is 5.15 Å². The standard InChI is InChI=1S/C11H13ClN4/c12-10-3-1-4-11(15-10)14-5-2-7-16-8-6-13-9-16/h1,3-4,6,8-9H,2,5,7H2,(H,14,15). The molecular weight excluding hydrogens is 224 g/mol. The van der Waals surface area contributed by atoms with Crippen LogP contribution in [0, 0.1) is 0 Å². The molecule has 0 aliphatic carbocycles. The predicted octanol–water partition coefficient (Wildman–Crippen LogP) is 2.43. The van der Waals surface area contributed by atoms with Crippen LogP contribution in [-0.2, 0) is 6.54 Å². The van der Waals surface area contributed by atoms with Crippen molar-refractivity contribution in [2.24, 2.45) is 0 Å². The van der Waals surface area contributed by atoms with Crippen LogP contribution >= 0.6 is 11.6 Å². The first kappa shape index (κ1) is 11.0. The molecule has 2 aromatic rings. The molecule has 0 atom stereocenters. The van der Waals surface area contributed by atoms with Gasteiger partial charge in [-0.05, 0) is 18.6 Å². The first-order valence-corrected chi connectivity index (χ1v) is 5.54. The highest BCUT2D eigenvalue weighted by Crippen LogP contribution is 2.08. The summed E-state index contributed by atoms with van der Waals surface area (Å²) in [5.74, 6) is 0.818. The third-order valence-electron chi connectivity index (χ3n) is 2.17. The van der Waals surface area contributed by atoms with E-state index >= 15 is 0 Å². The van der Waals surface area contributed by atoms with E-state index in [4.69, 9.17) is 11.6 Å². The number of anilines is 1. The Labute approximate surface area is 99.3 Å². The number of halogens is 1. The number of nitrogens with one attached hydrogen (secondary N) is 1. The van der Waals surface area contributed by atoms with Crippen LogP contribution in [0.15, 0.2) is 36.9 Å². The summed E-state index contributed by atoms with van der Waals surface area (Å²) in [4.78, 5) is 8.13. The normalized spacial score (nSPS) is 10.3. The van der Waals surface area contributed by atoms with Crippen molar-refractivity contribution in [3.8, 4) is 0 Å². The monoisotopic (exact) mass is 236 g/mol. The molecule has 0 spiro atoms. The van der Waals surface area contributed by atoms with Gasteiger partial charge >= 0.3 is 0 Å². The largest absolute Gasteiger partial charge is 0.370 e. The van der Waals surface area contributed by atoms with E-state index in [9.17, 15) is 0 Å². The second-order valence-corrected chi connectivity index (χ2v) is 3.81. The lowest BCUT2D eigenvalue weighted by molar-refractivity contribution is 0.660. The van der Waals surface area contributed by atoms with Gasteiger partial charge in [0.25, 0.3) is 0 Å². The number of rotatable bonds is 5. The van der Waals surface area contributed by atoms with Crippen molar-refractivity contribution < 1.29 is 0 Å². The van der Waals surface area contributed by atoms with Crippen LogP contribution in [0.1, 0.15) is 6.42 Å². The second-order valence-electron chi connectivity index (χ2n) is 3.43. The minimum Gasteiger partial charge on any atom is -0.370 e. The lowest BCUT2D eigenvalue weighted by atomic mass is 10.4. The molecular formula is C11H13ClN4. The highest BCUT2D eigenvalue weighted by molar-refractivity contribution is 6.29. The summed E-state index contributed by atoms with van der Waals surface area (Å²) in [6.07, 6.45) is 6.58. The molecule has 0 saturated carbocycles. The van der Waals surface area contributed by atoms with E-state index in [1.54, 1.807) is 12.3 Å². The van der Waals surface area contributed by atoms with E-state index in [0.717, 1.165) is 25.3 Å². The fraction of sp³-hybridized carbons (Fsp3) is 0.273. The molecule has 0 saturated heterocycles. The van der Waals surface area contributed by atoms with Crippen molar-refractivity contribution in [2.45, 2.75) is 13.0 Å². The fourth-order valence-corrected chi connectivity index (χ4v) is 1.57. The van der Waals surface area contributed by atoms with Gasteiger partial charge in [0.15, 0.2) is 0 Å². The van der Waals surface area contributed by atoms with E-state index in [1.807, 2.05) is 29.2 Å². The number of nitrogens with zero attached hydrogens (tertiary/aromatic N) is 3. The third-order valence-corrected chi connectivity index (χ3v) is 2.38. The zero-order chi connectivity index (χ0) is 11.2. The van der Waals surface area contributed by atoms with E-state index < -0.39 is 0 Å². The molecule has 4 nitrogen and oxygen atoms in total. The van der Waals surface area contributed by atoms with Crippen molar-refractivity contribution in [1.82, 2.24) is 14.5 Å². The van der Waals surface area contributed by atoms with Crippen molar-refractivity contribution in [3.63, 3.8) is 0 Å². The van der Waals surface area contributed by atoms with E-state index in [0.29, 0.717) is 5.15 Å². The van der Waals surface area contributed by atoms with Crippen molar-refractivity contribution >= 4 is 17.4 Å². The Kier molecular flexibility index (Phi) is 3.77. The molecule has 2 rings (SSSR count). The maximum absolute atomic E-state index is 5.78. The summed E-state index contributed by atoms with van der Waals surface area (Å²) < 4.78 is 2.05. The Morgan fingerprint density at radius 3 is 3.06 bits per heavy atom. The molecule has 0 aliphatic rings. The van der Waals surface area contributed by atoms with Gasteiger partial charge in [-0.1, -0.05) is 17.7 Å². The Hall–Kier alpha value is -1.55. The Morgan fingerprint density at radius 1 is 1.38 bits per heavy atom. The minimum atomic E-state index is 0.514. The van der Waals surface area contributed by atoms with Crippen molar-refractivity contribution in [3.05, 3.63) is 42.1 Å². The highest BCUT2D eigenvalue weighted by atomic mass is 35.5. The van der Waals surface area contributed by atoms with Gasteiger partial charge in [0.2, 0.25) is 0 Å². The SMILES string of the molecule is Clc1cccc(NCCCn2ccnc2)n1. The van der Waals surface area contributed by atoms with Crippen molar-refractivity contribution in [1.29, 1.82) is 0 Å². The van der Waals surface area contributed by atoms with Gasteiger partial charge in [0.1, 0.15) is 11.0 Å². The number of imidazole rings is 1. The molecule has 2 heterocycles. The molecule has 5 heteroatoms. The quantitative estimate of drug-likeness (QED) is 0.641. The van der Waals surface area contributed by atoms with E-state index in [2.05, 4.69) is 15.3 Å². The predicted molar refractivity (Wildman–Crippen MR) is 64.6 cm³/mol. The van der Waals surface area contributed by atoms with Crippen LogP contribution in [0.3, 0.4) is 0 Å². The summed E-state index contributed by atoms with van der Waals surface area (Å²) in [5, 5.41) is 3.73. The van der Waals surface area contributed by atoms with Crippen molar-refractivity contribution in [2.75, 3.05) is 11.9 Å². The highest BCUT2D eigenvalue weighted by Gasteiger charge is 1.94.